The van der Waals surface area contributed by atoms with E-state index in [1.165, 1.54) is 12.4 Å². The molecule has 0 aliphatic carbocycles. The number of H-pyrrole nitrogens is 1. The fourth-order valence-corrected chi connectivity index (χ4v) is 3.37. The van der Waals surface area contributed by atoms with Crippen LogP contribution in [0.4, 0.5) is 10.2 Å². The molecule has 7 nitrogen and oxygen atoms in total. The van der Waals surface area contributed by atoms with E-state index in [9.17, 15) is 4.39 Å². The molecule has 1 saturated heterocycles. The number of hydrogen-bond donors (Lipinski definition) is 1. The quantitative estimate of drug-likeness (QED) is 0.592. The molecule has 140 valence electrons. The molecule has 4 aromatic rings. The molecule has 0 spiro atoms. The molecule has 5 rings (SSSR count). The van der Waals surface area contributed by atoms with Crippen LogP contribution in [0.15, 0.2) is 48.9 Å². The summed E-state index contributed by atoms with van der Waals surface area (Å²) < 4.78 is 18.5. The Morgan fingerprint density at radius 3 is 2.61 bits per heavy atom. The van der Waals surface area contributed by atoms with Gasteiger partial charge in [0.1, 0.15) is 11.5 Å². The van der Waals surface area contributed by atoms with Crippen LogP contribution in [-0.2, 0) is 4.74 Å². The summed E-state index contributed by atoms with van der Waals surface area (Å²) in [6.07, 6.45) is 4.13. The Balaban J connectivity index is 1.55. The molecule has 1 fully saturated rings. The maximum atomic E-state index is 13.1. The highest BCUT2D eigenvalue weighted by Gasteiger charge is 2.15. The molecule has 4 heterocycles. The van der Waals surface area contributed by atoms with Gasteiger partial charge in [-0.25, -0.2) is 19.3 Å². The predicted octanol–water partition coefficient (Wildman–Crippen LogP) is 3.06. The van der Waals surface area contributed by atoms with Gasteiger partial charge in [-0.2, -0.15) is 5.10 Å². The van der Waals surface area contributed by atoms with Gasteiger partial charge in [-0.1, -0.05) is 0 Å². The molecule has 8 heteroatoms. The van der Waals surface area contributed by atoms with E-state index in [4.69, 9.17) is 4.74 Å². The second kappa shape index (κ2) is 6.97. The zero-order valence-electron chi connectivity index (χ0n) is 15.0. The first-order chi connectivity index (χ1) is 13.8. The molecule has 0 radical (unpaired) electrons. The van der Waals surface area contributed by atoms with Crippen molar-refractivity contribution in [2.24, 2.45) is 0 Å². The SMILES string of the molecule is Fc1cnc(-c2ccc3[nH]nc(-c4ccnc(N5CCOCC5)c4)c3c2)nc1. The van der Waals surface area contributed by atoms with Gasteiger partial charge in [0, 0.05) is 35.8 Å². The second-order valence-corrected chi connectivity index (χ2v) is 6.56. The van der Waals surface area contributed by atoms with Crippen LogP contribution in [0.2, 0.25) is 0 Å². The lowest BCUT2D eigenvalue weighted by Crippen LogP contribution is -2.36. The van der Waals surface area contributed by atoms with E-state index in [2.05, 4.69) is 30.0 Å². The zero-order chi connectivity index (χ0) is 18.9. The van der Waals surface area contributed by atoms with Crippen molar-refractivity contribution in [2.45, 2.75) is 0 Å². The van der Waals surface area contributed by atoms with Gasteiger partial charge in [0.05, 0.1) is 31.1 Å². The molecule has 0 atom stereocenters. The summed E-state index contributed by atoms with van der Waals surface area (Å²) in [6.45, 7) is 3.06. The Kier molecular flexibility index (Phi) is 4.17. The van der Waals surface area contributed by atoms with E-state index in [-0.39, 0.29) is 0 Å². The maximum absolute atomic E-state index is 13.1. The highest BCUT2D eigenvalue weighted by Crippen LogP contribution is 2.30. The summed E-state index contributed by atoms with van der Waals surface area (Å²) in [5.74, 6) is 0.926. The van der Waals surface area contributed by atoms with Crippen molar-refractivity contribution >= 4 is 16.7 Å². The average molecular weight is 376 g/mol. The lowest BCUT2D eigenvalue weighted by atomic mass is 10.1. The fraction of sp³-hybridized carbons (Fsp3) is 0.200. The first-order valence-electron chi connectivity index (χ1n) is 9.03. The molecule has 28 heavy (non-hydrogen) atoms. The molecule has 1 aliphatic heterocycles. The number of ether oxygens (including phenoxy) is 1. The molecule has 0 unspecified atom stereocenters. The summed E-state index contributed by atoms with van der Waals surface area (Å²) in [4.78, 5) is 14.9. The van der Waals surface area contributed by atoms with Crippen molar-refractivity contribution in [1.29, 1.82) is 0 Å². The molecule has 1 N–H and O–H groups in total. The number of fused-ring (bicyclic) bond motifs is 1. The van der Waals surface area contributed by atoms with E-state index in [0.717, 1.165) is 46.6 Å². The van der Waals surface area contributed by atoms with Crippen LogP contribution in [0.5, 0.6) is 0 Å². The van der Waals surface area contributed by atoms with Crippen LogP contribution < -0.4 is 4.90 Å². The van der Waals surface area contributed by atoms with E-state index in [1.54, 1.807) is 6.20 Å². The Hall–Kier alpha value is -3.39. The molecule has 1 aliphatic rings. The lowest BCUT2D eigenvalue weighted by Gasteiger charge is -2.27. The normalized spacial score (nSPS) is 14.5. The molecule has 0 bridgehead atoms. The Morgan fingerprint density at radius 1 is 0.964 bits per heavy atom. The Morgan fingerprint density at radius 2 is 1.79 bits per heavy atom. The van der Waals surface area contributed by atoms with E-state index < -0.39 is 5.82 Å². The minimum atomic E-state index is -0.457. The van der Waals surface area contributed by atoms with Crippen LogP contribution in [0.1, 0.15) is 0 Å². The van der Waals surface area contributed by atoms with Crippen LogP contribution in [0, 0.1) is 5.82 Å². The average Bonchev–Trinajstić information content (AvgIpc) is 3.18. The number of anilines is 1. The van der Waals surface area contributed by atoms with Gasteiger partial charge < -0.3 is 9.64 Å². The summed E-state index contributed by atoms with van der Waals surface area (Å²) in [6, 6.07) is 9.78. The summed E-state index contributed by atoms with van der Waals surface area (Å²) in [7, 11) is 0. The van der Waals surface area contributed by atoms with Crippen molar-refractivity contribution in [3.05, 3.63) is 54.7 Å². The number of nitrogens with one attached hydrogen (secondary N) is 1. The number of aromatic nitrogens is 5. The van der Waals surface area contributed by atoms with Crippen molar-refractivity contribution < 1.29 is 9.13 Å². The third-order valence-corrected chi connectivity index (χ3v) is 4.80. The first kappa shape index (κ1) is 16.8. The van der Waals surface area contributed by atoms with Gasteiger partial charge in [-0.15, -0.1) is 0 Å². The molecule has 0 saturated carbocycles. The van der Waals surface area contributed by atoms with Crippen molar-refractivity contribution in [1.82, 2.24) is 25.1 Å². The number of halogens is 1. The number of benzene rings is 1. The molecule has 3 aromatic heterocycles. The van der Waals surface area contributed by atoms with E-state index in [1.807, 2.05) is 30.3 Å². The topological polar surface area (TPSA) is 79.8 Å². The smallest absolute Gasteiger partial charge is 0.159 e. The number of morpholine rings is 1. The predicted molar refractivity (Wildman–Crippen MR) is 103 cm³/mol. The molecular formula is C20H17FN6O. The minimum absolute atomic E-state index is 0.457. The highest BCUT2D eigenvalue weighted by atomic mass is 19.1. The van der Waals surface area contributed by atoms with Gasteiger partial charge in [-0.3, -0.25) is 5.10 Å². The zero-order valence-corrected chi connectivity index (χ0v) is 15.0. The van der Waals surface area contributed by atoms with Crippen LogP contribution in [-0.4, -0.2) is 51.5 Å². The van der Waals surface area contributed by atoms with E-state index >= 15 is 0 Å². The number of aromatic amines is 1. The van der Waals surface area contributed by atoms with Crippen molar-refractivity contribution in [3.63, 3.8) is 0 Å². The largest absolute Gasteiger partial charge is 0.378 e. The van der Waals surface area contributed by atoms with Crippen LogP contribution in [0.3, 0.4) is 0 Å². The van der Waals surface area contributed by atoms with Gasteiger partial charge in [0.25, 0.3) is 0 Å². The van der Waals surface area contributed by atoms with Crippen molar-refractivity contribution in [2.75, 3.05) is 31.2 Å². The summed E-state index contributed by atoms with van der Waals surface area (Å²) in [5, 5.41) is 8.52. The third kappa shape index (κ3) is 3.07. The van der Waals surface area contributed by atoms with Gasteiger partial charge >= 0.3 is 0 Å². The maximum Gasteiger partial charge on any atom is 0.159 e. The molecule has 1 aromatic carbocycles. The third-order valence-electron chi connectivity index (χ3n) is 4.80. The molecular weight excluding hydrogens is 359 g/mol. The van der Waals surface area contributed by atoms with Crippen LogP contribution in [0.25, 0.3) is 33.5 Å². The van der Waals surface area contributed by atoms with Crippen molar-refractivity contribution in [3.8, 4) is 22.6 Å². The minimum Gasteiger partial charge on any atom is -0.378 e. The summed E-state index contributed by atoms with van der Waals surface area (Å²) in [5.41, 5.74) is 3.51. The number of pyridine rings is 1. The lowest BCUT2D eigenvalue weighted by molar-refractivity contribution is 0.122. The second-order valence-electron chi connectivity index (χ2n) is 6.56. The van der Waals surface area contributed by atoms with Gasteiger partial charge in [-0.05, 0) is 30.3 Å². The number of hydrogen-bond acceptors (Lipinski definition) is 6. The fourth-order valence-electron chi connectivity index (χ4n) is 3.37. The van der Waals surface area contributed by atoms with Crippen LogP contribution >= 0.6 is 0 Å². The van der Waals surface area contributed by atoms with E-state index in [0.29, 0.717) is 19.0 Å². The van der Waals surface area contributed by atoms with Gasteiger partial charge in [0.2, 0.25) is 0 Å². The highest BCUT2D eigenvalue weighted by molar-refractivity contribution is 5.95. The first-order valence-corrected chi connectivity index (χ1v) is 9.03. The molecule has 0 amide bonds. The standard InChI is InChI=1S/C20H17FN6O/c21-15-11-23-20(24-12-15)14-1-2-17-16(9-14)19(26-25-17)13-3-4-22-18(10-13)27-5-7-28-8-6-27/h1-4,9-12H,5-8H2,(H,25,26). The Bertz CT molecular complexity index is 1120. The summed E-state index contributed by atoms with van der Waals surface area (Å²) >= 11 is 0. The monoisotopic (exact) mass is 376 g/mol. The number of rotatable bonds is 3. The number of nitrogens with zero attached hydrogens (tertiary/aromatic N) is 5. The Labute approximate surface area is 160 Å². The van der Waals surface area contributed by atoms with Gasteiger partial charge in [0.15, 0.2) is 11.6 Å².